The van der Waals surface area contributed by atoms with Crippen molar-refractivity contribution >= 4 is 21.6 Å². The lowest BCUT2D eigenvalue weighted by Crippen LogP contribution is -2.20. The summed E-state index contributed by atoms with van der Waals surface area (Å²) in [5.74, 6) is 0. The SMILES string of the molecule is CC(N)c1ccc(Br)cc1N(C)Cc1cccc(C#N)c1. The predicted molar refractivity (Wildman–Crippen MR) is 90.0 cm³/mol. The Morgan fingerprint density at radius 1 is 1.29 bits per heavy atom. The van der Waals surface area contributed by atoms with Crippen molar-refractivity contribution in [2.75, 3.05) is 11.9 Å². The molecule has 1 unspecified atom stereocenters. The Kier molecular flexibility index (Phi) is 5.00. The van der Waals surface area contributed by atoms with Gasteiger partial charge in [0.1, 0.15) is 0 Å². The second-order valence-corrected chi connectivity index (χ2v) is 6.08. The molecule has 2 N–H and O–H groups in total. The van der Waals surface area contributed by atoms with Gasteiger partial charge in [-0.1, -0.05) is 34.1 Å². The van der Waals surface area contributed by atoms with Gasteiger partial charge in [-0.2, -0.15) is 5.26 Å². The summed E-state index contributed by atoms with van der Waals surface area (Å²) in [7, 11) is 2.03. The molecule has 0 saturated carbocycles. The van der Waals surface area contributed by atoms with E-state index in [0.29, 0.717) is 5.56 Å². The molecule has 2 aromatic carbocycles. The third-order valence-electron chi connectivity index (χ3n) is 3.37. The molecule has 0 bridgehead atoms. The quantitative estimate of drug-likeness (QED) is 0.913. The maximum Gasteiger partial charge on any atom is 0.0991 e. The van der Waals surface area contributed by atoms with Crippen LogP contribution in [0.2, 0.25) is 0 Å². The molecular formula is C17H18BrN3. The van der Waals surface area contributed by atoms with E-state index in [1.165, 1.54) is 0 Å². The molecule has 0 fully saturated rings. The Balaban J connectivity index is 2.29. The summed E-state index contributed by atoms with van der Waals surface area (Å²) in [6, 6.07) is 15.9. The highest BCUT2D eigenvalue weighted by molar-refractivity contribution is 9.10. The Bertz CT molecular complexity index is 674. The molecule has 0 saturated heterocycles. The zero-order valence-electron chi connectivity index (χ0n) is 12.2. The molecule has 1 atom stereocenters. The fourth-order valence-corrected chi connectivity index (χ4v) is 2.68. The lowest BCUT2D eigenvalue weighted by Gasteiger charge is -2.24. The van der Waals surface area contributed by atoms with Crippen molar-refractivity contribution in [3.05, 3.63) is 63.6 Å². The van der Waals surface area contributed by atoms with E-state index >= 15 is 0 Å². The third kappa shape index (κ3) is 3.84. The first kappa shape index (κ1) is 15.6. The van der Waals surface area contributed by atoms with Gasteiger partial charge in [-0.25, -0.2) is 0 Å². The van der Waals surface area contributed by atoms with Crippen LogP contribution in [0.3, 0.4) is 0 Å². The molecule has 2 rings (SSSR count). The summed E-state index contributed by atoms with van der Waals surface area (Å²) in [4.78, 5) is 2.15. The zero-order valence-corrected chi connectivity index (χ0v) is 13.8. The molecule has 0 aliphatic heterocycles. The monoisotopic (exact) mass is 343 g/mol. The van der Waals surface area contributed by atoms with Gasteiger partial charge in [0.25, 0.3) is 0 Å². The number of rotatable bonds is 4. The van der Waals surface area contributed by atoms with Crippen LogP contribution in [0.5, 0.6) is 0 Å². The summed E-state index contributed by atoms with van der Waals surface area (Å²) in [5, 5.41) is 8.98. The highest BCUT2D eigenvalue weighted by atomic mass is 79.9. The van der Waals surface area contributed by atoms with Crippen molar-refractivity contribution < 1.29 is 0 Å². The van der Waals surface area contributed by atoms with Crippen molar-refractivity contribution in [3.8, 4) is 6.07 Å². The molecule has 0 aliphatic carbocycles. The summed E-state index contributed by atoms with van der Waals surface area (Å²) in [6.07, 6.45) is 0. The number of hydrogen-bond acceptors (Lipinski definition) is 3. The maximum atomic E-state index is 8.98. The highest BCUT2D eigenvalue weighted by Gasteiger charge is 2.12. The first-order chi connectivity index (χ1) is 10.0. The Hall–Kier alpha value is -1.83. The van der Waals surface area contributed by atoms with E-state index < -0.39 is 0 Å². The maximum absolute atomic E-state index is 8.98. The standard InChI is InChI=1S/C17H18BrN3/c1-12(20)16-7-6-15(18)9-17(16)21(2)11-14-5-3-4-13(8-14)10-19/h3-9,12H,11,20H2,1-2H3. The first-order valence-electron chi connectivity index (χ1n) is 6.76. The van der Waals surface area contributed by atoms with E-state index in [4.69, 9.17) is 11.0 Å². The smallest absolute Gasteiger partial charge is 0.0991 e. The van der Waals surface area contributed by atoms with Gasteiger partial charge in [0.05, 0.1) is 11.6 Å². The molecule has 0 aliphatic rings. The number of anilines is 1. The van der Waals surface area contributed by atoms with Crippen LogP contribution in [0.15, 0.2) is 46.9 Å². The van der Waals surface area contributed by atoms with Crippen LogP contribution in [0.25, 0.3) is 0 Å². The number of hydrogen-bond donors (Lipinski definition) is 1. The van der Waals surface area contributed by atoms with Crippen LogP contribution in [0.1, 0.15) is 29.7 Å². The minimum Gasteiger partial charge on any atom is -0.370 e. The van der Waals surface area contributed by atoms with E-state index in [0.717, 1.165) is 27.8 Å². The molecule has 0 radical (unpaired) electrons. The molecule has 0 spiro atoms. The Morgan fingerprint density at radius 3 is 2.71 bits per heavy atom. The number of nitriles is 1. The molecule has 0 aromatic heterocycles. The highest BCUT2D eigenvalue weighted by Crippen LogP contribution is 2.29. The Labute approximate surface area is 134 Å². The van der Waals surface area contributed by atoms with Crippen LogP contribution in [-0.2, 0) is 6.54 Å². The summed E-state index contributed by atoms with van der Waals surface area (Å²) in [6.45, 7) is 2.71. The lowest BCUT2D eigenvalue weighted by atomic mass is 10.1. The minimum atomic E-state index is -0.0269. The first-order valence-corrected chi connectivity index (χ1v) is 7.55. The van der Waals surface area contributed by atoms with Crippen molar-refractivity contribution in [2.24, 2.45) is 5.73 Å². The Morgan fingerprint density at radius 2 is 2.05 bits per heavy atom. The van der Waals surface area contributed by atoms with Crippen molar-refractivity contribution in [1.29, 1.82) is 5.26 Å². The summed E-state index contributed by atoms with van der Waals surface area (Å²) >= 11 is 3.51. The molecule has 2 aromatic rings. The van der Waals surface area contributed by atoms with E-state index in [9.17, 15) is 0 Å². The average Bonchev–Trinajstić information content (AvgIpc) is 2.47. The lowest BCUT2D eigenvalue weighted by molar-refractivity contribution is 0.800. The molecule has 0 amide bonds. The van der Waals surface area contributed by atoms with E-state index in [1.54, 1.807) is 0 Å². The average molecular weight is 344 g/mol. The molecule has 108 valence electrons. The largest absolute Gasteiger partial charge is 0.370 e. The summed E-state index contributed by atoms with van der Waals surface area (Å²) < 4.78 is 1.03. The second-order valence-electron chi connectivity index (χ2n) is 5.16. The van der Waals surface area contributed by atoms with Crippen LogP contribution >= 0.6 is 15.9 Å². The van der Waals surface area contributed by atoms with Gasteiger partial charge in [0.15, 0.2) is 0 Å². The van der Waals surface area contributed by atoms with Crippen LogP contribution < -0.4 is 10.6 Å². The van der Waals surface area contributed by atoms with Crippen molar-refractivity contribution in [2.45, 2.75) is 19.5 Å². The normalized spacial score (nSPS) is 11.8. The topological polar surface area (TPSA) is 53.0 Å². The van der Waals surface area contributed by atoms with Gasteiger partial charge in [0.2, 0.25) is 0 Å². The number of halogens is 1. The van der Waals surface area contributed by atoms with E-state index in [1.807, 2.05) is 50.4 Å². The van der Waals surface area contributed by atoms with Gasteiger partial charge in [-0.3, -0.25) is 0 Å². The number of nitrogens with zero attached hydrogens (tertiary/aromatic N) is 2. The fraction of sp³-hybridized carbons (Fsp3) is 0.235. The molecule has 4 heteroatoms. The summed E-state index contributed by atoms with van der Waals surface area (Å²) in [5.41, 5.74) is 10.1. The van der Waals surface area contributed by atoms with Gasteiger partial charge < -0.3 is 10.6 Å². The van der Waals surface area contributed by atoms with Gasteiger partial charge >= 0.3 is 0 Å². The van der Waals surface area contributed by atoms with Gasteiger partial charge in [-0.15, -0.1) is 0 Å². The number of nitrogens with two attached hydrogens (primary N) is 1. The molecule has 3 nitrogen and oxygen atoms in total. The third-order valence-corrected chi connectivity index (χ3v) is 3.86. The van der Waals surface area contributed by atoms with Gasteiger partial charge in [0, 0.05) is 29.8 Å². The van der Waals surface area contributed by atoms with E-state index in [2.05, 4.69) is 33.0 Å². The van der Waals surface area contributed by atoms with Crippen LogP contribution in [0, 0.1) is 11.3 Å². The van der Waals surface area contributed by atoms with Crippen molar-refractivity contribution in [3.63, 3.8) is 0 Å². The van der Waals surface area contributed by atoms with Gasteiger partial charge in [-0.05, 0) is 42.3 Å². The van der Waals surface area contributed by atoms with Crippen molar-refractivity contribution in [1.82, 2.24) is 0 Å². The molecule has 21 heavy (non-hydrogen) atoms. The van der Waals surface area contributed by atoms with Crippen LogP contribution in [0.4, 0.5) is 5.69 Å². The number of benzene rings is 2. The fourth-order valence-electron chi connectivity index (χ4n) is 2.33. The zero-order chi connectivity index (χ0) is 15.4. The molecule has 0 heterocycles. The molecular weight excluding hydrogens is 326 g/mol. The van der Waals surface area contributed by atoms with E-state index in [-0.39, 0.29) is 6.04 Å². The predicted octanol–water partition coefficient (Wildman–Crippen LogP) is 3.98. The van der Waals surface area contributed by atoms with Crippen LogP contribution in [-0.4, -0.2) is 7.05 Å². The second kappa shape index (κ2) is 6.75. The minimum absolute atomic E-state index is 0.0269.